The predicted molar refractivity (Wildman–Crippen MR) is 127 cm³/mol. The lowest BCUT2D eigenvalue weighted by Gasteiger charge is -2.18. The third-order valence-corrected chi connectivity index (χ3v) is 6.86. The van der Waals surface area contributed by atoms with Gasteiger partial charge in [-0.1, -0.05) is 28.1 Å². The minimum atomic E-state index is -3.88. The molecule has 0 heterocycles. The number of esters is 1. The monoisotopic (exact) mass is 528 g/mol. The van der Waals surface area contributed by atoms with Gasteiger partial charge in [0.1, 0.15) is 6.04 Å². The standard InChI is InChI=1S/C21H25BrN2O5S2/c1-3-29-20(25)14-15-5-4-6-17(13-15)23-21(26)19(11-12-30-2)24-31(27,28)18-9-7-16(22)8-10-18/h4-10,13,19,24H,3,11-12,14H2,1-2H3,(H,23,26). The number of benzene rings is 2. The van der Waals surface area contributed by atoms with Crippen molar-refractivity contribution in [2.45, 2.75) is 30.7 Å². The van der Waals surface area contributed by atoms with Crippen molar-refractivity contribution in [2.24, 2.45) is 0 Å². The van der Waals surface area contributed by atoms with Gasteiger partial charge in [-0.2, -0.15) is 16.5 Å². The van der Waals surface area contributed by atoms with E-state index in [0.29, 0.717) is 30.0 Å². The quantitative estimate of drug-likeness (QED) is 0.432. The number of anilines is 1. The average molecular weight is 529 g/mol. The summed E-state index contributed by atoms with van der Waals surface area (Å²) in [6.45, 7) is 2.03. The van der Waals surface area contributed by atoms with Crippen LogP contribution in [0.4, 0.5) is 5.69 Å². The van der Waals surface area contributed by atoms with Gasteiger partial charge in [-0.05, 0) is 67.3 Å². The third-order valence-electron chi connectivity index (χ3n) is 4.20. The van der Waals surface area contributed by atoms with E-state index in [-0.39, 0.29) is 17.3 Å². The summed E-state index contributed by atoms with van der Waals surface area (Å²) in [5.41, 5.74) is 1.16. The van der Waals surface area contributed by atoms with Crippen LogP contribution >= 0.6 is 27.7 Å². The SMILES string of the molecule is CCOC(=O)Cc1cccc(NC(=O)C(CCSC)NS(=O)(=O)c2ccc(Br)cc2)c1. The molecule has 0 aromatic heterocycles. The number of amides is 1. The van der Waals surface area contributed by atoms with Gasteiger partial charge in [0.2, 0.25) is 15.9 Å². The van der Waals surface area contributed by atoms with E-state index in [2.05, 4.69) is 26.0 Å². The summed E-state index contributed by atoms with van der Waals surface area (Å²) in [5.74, 6) is -0.224. The Labute approximate surface area is 195 Å². The molecule has 0 saturated heterocycles. The molecule has 0 spiro atoms. The van der Waals surface area contributed by atoms with Crippen LogP contribution in [0.25, 0.3) is 0 Å². The highest BCUT2D eigenvalue weighted by Crippen LogP contribution is 2.17. The van der Waals surface area contributed by atoms with Crippen LogP contribution in [0.15, 0.2) is 57.9 Å². The van der Waals surface area contributed by atoms with Crippen LogP contribution in [0.2, 0.25) is 0 Å². The molecule has 0 aliphatic heterocycles. The van der Waals surface area contributed by atoms with Crippen LogP contribution in [0.1, 0.15) is 18.9 Å². The summed E-state index contributed by atoms with van der Waals surface area (Å²) >= 11 is 4.79. The van der Waals surface area contributed by atoms with Crippen molar-refractivity contribution in [3.63, 3.8) is 0 Å². The van der Waals surface area contributed by atoms with E-state index in [0.717, 1.165) is 4.47 Å². The minimum Gasteiger partial charge on any atom is -0.466 e. The Hall–Kier alpha value is -1.88. The second kappa shape index (κ2) is 12.2. The molecule has 0 aliphatic rings. The molecule has 0 fully saturated rings. The van der Waals surface area contributed by atoms with Crippen molar-refractivity contribution in [2.75, 3.05) is 23.9 Å². The molecule has 168 valence electrons. The predicted octanol–water partition coefficient (Wildman–Crippen LogP) is 3.59. The number of halogens is 1. The topological polar surface area (TPSA) is 102 Å². The van der Waals surface area contributed by atoms with E-state index < -0.39 is 22.0 Å². The van der Waals surface area contributed by atoms with Crippen molar-refractivity contribution < 1.29 is 22.7 Å². The maximum atomic E-state index is 12.9. The first kappa shape index (κ1) is 25.4. The van der Waals surface area contributed by atoms with Crippen LogP contribution in [0.5, 0.6) is 0 Å². The molecule has 0 bridgehead atoms. The Morgan fingerprint density at radius 2 is 1.87 bits per heavy atom. The molecule has 2 aromatic carbocycles. The first-order valence-corrected chi connectivity index (χ1v) is 13.2. The van der Waals surface area contributed by atoms with E-state index in [1.807, 2.05) is 6.26 Å². The summed E-state index contributed by atoms with van der Waals surface area (Å²) in [5, 5.41) is 2.74. The van der Waals surface area contributed by atoms with Gasteiger partial charge in [0, 0.05) is 10.2 Å². The Bertz CT molecular complexity index is 997. The molecule has 0 aliphatic carbocycles. The fourth-order valence-electron chi connectivity index (χ4n) is 2.72. The molecular formula is C21H25BrN2O5S2. The summed E-state index contributed by atoms with van der Waals surface area (Å²) in [6, 6.07) is 12.1. The van der Waals surface area contributed by atoms with Crippen LogP contribution in [-0.4, -0.2) is 45.0 Å². The lowest BCUT2D eigenvalue weighted by Crippen LogP contribution is -2.44. The molecule has 1 atom stereocenters. The molecule has 2 aromatic rings. The molecule has 1 amide bonds. The van der Waals surface area contributed by atoms with Gasteiger partial charge in [0.15, 0.2) is 0 Å². The molecule has 0 radical (unpaired) electrons. The highest BCUT2D eigenvalue weighted by atomic mass is 79.9. The lowest BCUT2D eigenvalue weighted by atomic mass is 10.1. The number of sulfonamides is 1. The van der Waals surface area contributed by atoms with Crippen molar-refractivity contribution in [1.29, 1.82) is 0 Å². The third kappa shape index (κ3) is 8.29. The first-order chi connectivity index (χ1) is 14.7. The Kier molecular flexibility index (Phi) is 10.0. The number of ether oxygens (including phenoxy) is 1. The van der Waals surface area contributed by atoms with Crippen LogP contribution < -0.4 is 10.0 Å². The van der Waals surface area contributed by atoms with Crippen LogP contribution in [0, 0.1) is 0 Å². The Balaban J connectivity index is 2.14. The molecular weight excluding hydrogens is 504 g/mol. The van der Waals surface area contributed by atoms with Crippen molar-refractivity contribution in [1.82, 2.24) is 4.72 Å². The van der Waals surface area contributed by atoms with E-state index >= 15 is 0 Å². The molecule has 31 heavy (non-hydrogen) atoms. The van der Waals surface area contributed by atoms with Crippen LogP contribution in [-0.2, 0) is 30.8 Å². The van der Waals surface area contributed by atoms with Crippen molar-refractivity contribution in [3.8, 4) is 0 Å². The Morgan fingerprint density at radius 1 is 1.16 bits per heavy atom. The number of thioether (sulfide) groups is 1. The number of nitrogens with one attached hydrogen (secondary N) is 2. The zero-order valence-corrected chi connectivity index (χ0v) is 20.5. The number of hydrogen-bond donors (Lipinski definition) is 2. The number of hydrogen-bond acceptors (Lipinski definition) is 6. The highest BCUT2D eigenvalue weighted by molar-refractivity contribution is 9.10. The van der Waals surface area contributed by atoms with E-state index in [4.69, 9.17) is 4.74 Å². The molecule has 10 heteroatoms. The van der Waals surface area contributed by atoms with Crippen molar-refractivity contribution >= 4 is 55.3 Å². The van der Waals surface area contributed by atoms with Crippen molar-refractivity contribution in [3.05, 3.63) is 58.6 Å². The summed E-state index contributed by atoms with van der Waals surface area (Å²) in [7, 11) is -3.88. The molecule has 7 nitrogen and oxygen atoms in total. The fourth-order valence-corrected chi connectivity index (χ4v) is 4.68. The van der Waals surface area contributed by atoms with E-state index in [9.17, 15) is 18.0 Å². The minimum absolute atomic E-state index is 0.0779. The largest absolute Gasteiger partial charge is 0.466 e. The zero-order chi connectivity index (χ0) is 22.9. The van der Waals surface area contributed by atoms with Crippen LogP contribution in [0.3, 0.4) is 0 Å². The Morgan fingerprint density at radius 3 is 2.52 bits per heavy atom. The summed E-state index contributed by atoms with van der Waals surface area (Å²) < 4.78 is 33.7. The summed E-state index contributed by atoms with van der Waals surface area (Å²) in [6.07, 6.45) is 2.30. The second-order valence-electron chi connectivity index (χ2n) is 6.58. The lowest BCUT2D eigenvalue weighted by molar-refractivity contribution is -0.142. The highest BCUT2D eigenvalue weighted by Gasteiger charge is 2.25. The van der Waals surface area contributed by atoms with E-state index in [1.54, 1.807) is 43.3 Å². The maximum absolute atomic E-state index is 12.9. The fraction of sp³-hybridized carbons (Fsp3) is 0.333. The normalized spacial score (nSPS) is 12.2. The molecule has 2 N–H and O–H groups in total. The van der Waals surface area contributed by atoms with Gasteiger partial charge < -0.3 is 10.1 Å². The van der Waals surface area contributed by atoms with Gasteiger partial charge in [-0.25, -0.2) is 8.42 Å². The maximum Gasteiger partial charge on any atom is 0.310 e. The first-order valence-electron chi connectivity index (χ1n) is 9.57. The van der Waals surface area contributed by atoms with Gasteiger partial charge in [-0.15, -0.1) is 0 Å². The van der Waals surface area contributed by atoms with Gasteiger partial charge >= 0.3 is 5.97 Å². The number of rotatable bonds is 11. The van der Waals surface area contributed by atoms with Gasteiger partial charge in [0.25, 0.3) is 0 Å². The molecule has 1 unspecified atom stereocenters. The second-order valence-corrected chi connectivity index (χ2v) is 10.2. The molecule has 2 rings (SSSR count). The summed E-state index contributed by atoms with van der Waals surface area (Å²) in [4.78, 5) is 24.6. The van der Waals surface area contributed by atoms with Gasteiger partial charge in [0.05, 0.1) is 17.9 Å². The zero-order valence-electron chi connectivity index (χ0n) is 17.3. The number of carbonyl (C=O) groups excluding carboxylic acids is 2. The molecule has 0 saturated carbocycles. The number of carbonyl (C=O) groups is 2. The van der Waals surface area contributed by atoms with E-state index in [1.165, 1.54) is 23.9 Å². The van der Waals surface area contributed by atoms with Gasteiger partial charge in [-0.3, -0.25) is 9.59 Å². The average Bonchev–Trinajstić information content (AvgIpc) is 2.71. The smallest absolute Gasteiger partial charge is 0.310 e.